The van der Waals surface area contributed by atoms with Gasteiger partial charge in [0.05, 0.1) is 12.3 Å². The van der Waals surface area contributed by atoms with Crippen molar-refractivity contribution in [1.29, 1.82) is 0 Å². The molecule has 26 heavy (non-hydrogen) atoms. The predicted octanol–water partition coefficient (Wildman–Crippen LogP) is 2.48. The number of aromatic nitrogens is 2. The van der Waals surface area contributed by atoms with Crippen LogP contribution in [0.15, 0.2) is 6.20 Å². The summed E-state index contributed by atoms with van der Waals surface area (Å²) in [5, 5.41) is 0. The average Bonchev–Trinajstić information content (AvgIpc) is 3.23. The van der Waals surface area contributed by atoms with Crippen molar-refractivity contribution < 1.29 is 22.7 Å². The van der Waals surface area contributed by atoms with Gasteiger partial charge in [0.2, 0.25) is 0 Å². The third-order valence-electron chi connectivity index (χ3n) is 4.74. The number of rotatable bonds is 3. The first-order valence-corrected chi connectivity index (χ1v) is 8.15. The van der Waals surface area contributed by atoms with E-state index >= 15 is 0 Å². The summed E-state index contributed by atoms with van der Waals surface area (Å²) < 4.78 is 43.5. The number of carbonyl (C=O) groups is 1. The second-order valence-corrected chi connectivity index (χ2v) is 6.34. The fourth-order valence-electron chi connectivity index (χ4n) is 3.33. The standard InChI is InChI=1S/C15H21F3N4O2.2ClH/c16-15(17,18)12-8-20-13(21-12)9-3-5-22(6-4-9)14(23)11-2-1-10(7-19)24-11;;/h8-11H,1-7,19H2,(H,20,21);2*1H/t10-,11+;;/m1../s1. The monoisotopic (exact) mass is 418 g/mol. The number of carbonyl (C=O) groups excluding carboxylic acids is 1. The number of alkyl halides is 3. The Morgan fingerprint density at radius 3 is 2.42 bits per heavy atom. The molecule has 0 saturated carbocycles. The van der Waals surface area contributed by atoms with Crippen molar-refractivity contribution in [3.8, 4) is 0 Å². The fourth-order valence-corrected chi connectivity index (χ4v) is 3.33. The van der Waals surface area contributed by atoms with Gasteiger partial charge in [0.25, 0.3) is 5.91 Å². The zero-order valence-corrected chi connectivity index (χ0v) is 15.6. The minimum atomic E-state index is -4.42. The number of H-pyrrole nitrogens is 1. The van der Waals surface area contributed by atoms with E-state index in [0.717, 1.165) is 12.6 Å². The van der Waals surface area contributed by atoms with E-state index < -0.39 is 18.0 Å². The van der Waals surface area contributed by atoms with Crippen molar-refractivity contribution in [2.45, 2.75) is 50.0 Å². The van der Waals surface area contributed by atoms with Crippen LogP contribution in [0.5, 0.6) is 0 Å². The molecule has 0 aliphatic carbocycles. The Morgan fingerprint density at radius 2 is 1.92 bits per heavy atom. The Hall–Kier alpha value is -1.03. The Morgan fingerprint density at radius 1 is 1.27 bits per heavy atom. The fraction of sp³-hybridized carbons (Fsp3) is 0.733. The normalized spacial score (nSPS) is 24.1. The van der Waals surface area contributed by atoms with E-state index in [0.29, 0.717) is 44.7 Å². The van der Waals surface area contributed by atoms with Gasteiger partial charge in [-0.3, -0.25) is 4.79 Å². The van der Waals surface area contributed by atoms with Crippen molar-refractivity contribution in [3.63, 3.8) is 0 Å². The molecule has 0 bridgehead atoms. The molecule has 2 aliphatic rings. The minimum absolute atomic E-state index is 0. The maximum atomic E-state index is 12.6. The second-order valence-electron chi connectivity index (χ2n) is 6.34. The lowest BCUT2D eigenvalue weighted by Crippen LogP contribution is -2.43. The van der Waals surface area contributed by atoms with Gasteiger partial charge in [-0.05, 0) is 25.7 Å². The maximum Gasteiger partial charge on any atom is 0.432 e. The van der Waals surface area contributed by atoms with Crippen LogP contribution < -0.4 is 5.73 Å². The van der Waals surface area contributed by atoms with Crippen LogP contribution in [0, 0.1) is 0 Å². The lowest BCUT2D eigenvalue weighted by atomic mass is 9.95. The molecule has 3 N–H and O–H groups in total. The second kappa shape index (κ2) is 9.25. The molecule has 0 aromatic carbocycles. The van der Waals surface area contributed by atoms with Crippen LogP contribution in [-0.2, 0) is 15.7 Å². The van der Waals surface area contributed by atoms with Crippen LogP contribution in [0.1, 0.15) is 43.1 Å². The van der Waals surface area contributed by atoms with Gasteiger partial charge < -0.3 is 20.4 Å². The number of nitrogens with one attached hydrogen (secondary N) is 1. The molecule has 1 aromatic rings. The molecule has 1 aromatic heterocycles. The number of ether oxygens (including phenoxy) is 1. The van der Waals surface area contributed by atoms with Crippen molar-refractivity contribution in [2.75, 3.05) is 19.6 Å². The summed E-state index contributed by atoms with van der Waals surface area (Å²) in [6.07, 6.45) is -1.44. The van der Waals surface area contributed by atoms with E-state index in [1.807, 2.05) is 0 Å². The molecule has 2 aliphatic heterocycles. The third-order valence-corrected chi connectivity index (χ3v) is 4.74. The number of piperidine rings is 1. The van der Waals surface area contributed by atoms with E-state index in [2.05, 4.69) is 9.97 Å². The van der Waals surface area contributed by atoms with Crippen LogP contribution in [0.2, 0.25) is 0 Å². The van der Waals surface area contributed by atoms with E-state index in [4.69, 9.17) is 10.5 Å². The Balaban J connectivity index is 0.00000169. The van der Waals surface area contributed by atoms with Gasteiger partial charge in [0.1, 0.15) is 17.6 Å². The van der Waals surface area contributed by atoms with Crippen molar-refractivity contribution in [3.05, 3.63) is 17.7 Å². The Kier molecular flexibility index (Phi) is 8.19. The highest BCUT2D eigenvalue weighted by atomic mass is 35.5. The number of likely N-dealkylation sites (tertiary alicyclic amines) is 1. The first kappa shape index (κ1) is 23.0. The van der Waals surface area contributed by atoms with Crippen molar-refractivity contribution in [2.24, 2.45) is 5.73 Å². The quantitative estimate of drug-likeness (QED) is 0.789. The van der Waals surface area contributed by atoms with Gasteiger partial charge in [-0.2, -0.15) is 13.2 Å². The number of hydrogen-bond donors (Lipinski definition) is 2. The number of nitrogens with two attached hydrogens (primary N) is 1. The minimum Gasteiger partial charge on any atom is -0.364 e. The zero-order valence-electron chi connectivity index (χ0n) is 14.0. The van der Waals surface area contributed by atoms with Crippen molar-refractivity contribution in [1.82, 2.24) is 14.9 Å². The van der Waals surface area contributed by atoms with Crippen LogP contribution in [0.25, 0.3) is 0 Å². The number of nitrogens with zero attached hydrogens (tertiary/aromatic N) is 2. The number of aromatic amines is 1. The molecule has 2 saturated heterocycles. The molecule has 2 fully saturated rings. The molecular weight excluding hydrogens is 396 g/mol. The molecule has 11 heteroatoms. The van der Waals surface area contributed by atoms with Gasteiger partial charge >= 0.3 is 6.18 Å². The third kappa shape index (κ3) is 5.03. The molecule has 3 rings (SSSR count). The molecule has 3 heterocycles. The van der Waals surface area contributed by atoms with Gasteiger partial charge in [-0.15, -0.1) is 24.8 Å². The highest BCUT2D eigenvalue weighted by molar-refractivity contribution is 5.85. The number of amides is 1. The molecule has 0 radical (unpaired) electrons. The molecular formula is C15H23Cl2F3N4O2. The molecule has 2 atom stereocenters. The summed E-state index contributed by atoms with van der Waals surface area (Å²) in [7, 11) is 0. The summed E-state index contributed by atoms with van der Waals surface area (Å²) in [5.41, 5.74) is 4.72. The first-order chi connectivity index (χ1) is 11.4. The SMILES string of the molecule is Cl.Cl.NC[C@H]1CC[C@@H](C(=O)N2CCC(c3ncc(C(F)(F)F)[nH]3)CC2)O1. The van der Waals surface area contributed by atoms with E-state index in [9.17, 15) is 18.0 Å². The van der Waals surface area contributed by atoms with E-state index in [1.54, 1.807) is 4.90 Å². The molecule has 150 valence electrons. The van der Waals surface area contributed by atoms with Crippen LogP contribution >= 0.6 is 24.8 Å². The highest BCUT2D eigenvalue weighted by Gasteiger charge is 2.36. The summed E-state index contributed by atoms with van der Waals surface area (Å²) in [4.78, 5) is 20.4. The van der Waals surface area contributed by atoms with Gasteiger partial charge in [-0.1, -0.05) is 0 Å². The maximum absolute atomic E-state index is 12.6. The zero-order chi connectivity index (χ0) is 17.3. The van der Waals surface area contributed by atoms with Gasteiger partial charge in [0.15, 0.2) is 0 Å². The van der Waals surface area contributed by atoms with Gasteiger partial charge in [0, 0.05) is 25.6 Å². The van der Waals surface area contributed by atoms with Crippen LogP contribution in [0.3, 0.4) is 0 Å². The number of hydrogen-bond acceptors (Lipinski definition) is 4. The van der Waals surface area contributed by atoms with E-state index in [1.165, 1.54) is 0 Å². The highest BCUT2D eigenvalue weighted by Crippen LogP contribution is 2.32. The Bertz CT molecular complexity index is 592. The molecule has 0 unspecified atom stereocenters. The lowest BCUT2D eigenvalue weighted by molar-refractivity contribution is -0.143. The molecule has 6 nitrogen and oxygen atoms in total. The summed E-state index contributed by atoms with van der Waals surface area (Å²) >= 11 is 0. The smallest absolute Gasteiger partial charge is 0.364 e. The predicted molar refractivity (Wildman–Crippen MR) is 93.6 cm³/mol. The average molecular weight is 419 g/mol. The van der Waals surface area contributed by atoms with E-state index in [-0.39, 0.29) is 42.7 Å². The van der Waals surface area contributed by atoms with Crippen LogP contribution in [0.4, 0.5) is 13.2 Å². The lowest BCUT2D eigenvalue weighted by Gasteiger charge is -2.32. The summed E-state index contributed by atoms with van der Waals surface area (Å²) in [6, 6.07) is 0. The first-order valence-electron chi connectivity index (χ1n) is 8.15. The van der Waals surface area contributed by atoms with Crippen LogP contribution in [-0.4, -0.2) is 52.6 Å². The summed E-state index contributed by atoms with van der Waals surface area (Å²) in [5.74, 6) is 0.209. The number of imidazole rings is 1. The Labute approximate surface area is 161 Å². The molecule has 1 amide bonds. The topological polar surface area (TPSA) is 84.2 Å². The van der Waals surface area contributed by atoms with Gasteiger partial charge in [-0.25, -0.2) is 4.98 Å². The molecule has 0 spiro atoms. The number of halogens is 5. The largest absolute Gasteiger partial charge is 0.432 e. The van der Waals surface area contributed by atoms with Crippen molar-refractivity contribution >= 4 is 30.7 Å². The summed E-state index contributed by atoms with van der Waals surface area (Å²) in [6.45, 7) is 1.41.